The molecule has 1 aliphatic carbocycles. The normalized spacial score (nSPS) is 17.4. The van der Waals surface area contributed by atoms with E-state index in [1.54, 1.807) is 11.8 Å². The van der Waals surface area contributed by atoms with Gasteiger partial charge < -0.3 is 20.1 Å². The van der Waals surface area contributed by atoms with Crippen molar-refractivity contribution < 1.29 is 24.2 Å². The zero-order valence-corrected chi connectivity index (χ0v) is 19.6. The highest BCUT2D eigenvalue weighted by Gasteiger charge is 2.32. The Morgan fingerprint density at radius 2 is 1.56 bits per heavy atom. The van der Waals surface area contributed by atoms with Gasteiger partial charge in [-0.15, -0.1) is 0 Å². The molecule has 2 atom stereocenters. The lowest BCUT2D eigenvalue weighted by atomic mass is 9.98. The van der Waals surface area contributed by atoms with Gasteiger partial charge in [-0.05, 0) is 35.6 Å². The molecule has 2 aliphatic rings. The van der Waals surface area contributed by atoms with Gasteiger partial charge in [0.1, 0.15) is 18.7 Å². The number of amides is 2. The van der Waals surface area contributed by atoms with E-state index in [1.165, 1.54) is 0 Å². The Balaban J connectivity index is 1.33. The summed E-state index contributed by atoms with van der Waals surface area (Å²) in [5, 5.41) is 11.9. The molecular formula is C26H31N3O5. The number of hydrogen-bond acceptors (Lipinski definition) is 5. The molecule has 34 heavy (non-hydrogen) atoms. The van der Waals surface area contributed by atoms with Crippen LogP contribution in [0.15, 0.2) is 48.5 Å². The first-order valence-corrected chi connectivity index (χ1v) is 11.8. The Labute approximate surface area is 199 Å². The first-order chi connectivity index (χ1) is 16.4. The number of aliphatic carboxylic acids is 1. The molecule has 0 aromatic heterocycles. The van der Waals surface area contributed by atoms with Crippen LogP contribution in [-0.2, 0) is 14.3 Å². The predicted molar refractivity (Wildman–Crippen MR) is 128 cm³/mol. The molecule has 0 radical (unpaired) electrons. The summed E-state index contributed by atoms with van der Waals surface area (Å²) in [5.74, 6) is -1.08. The second-order valence-corrected chi connectivity index (χ2v) is 8.81. The standard InChI is InChI=1S/C26H31N3O5/c1-3-23(24(30)29-14-12-28(13-15-29)17(2)25(31)32)27-26(33)34-16-22-20-10-6-4-8-18(20)19-9-5-7-11-21(19)22/h4-11,17,22-23H,3,12-16H2,1-2H3,(H,27,33)(H,31,32). The van der Waals surface area contributed by atoms with Gasteiger partial charge in [0.05, 0.1) is 0 Å². The van der Waals surface area contributed by atoms with E-state index in [-0.39, 0.29) is 18.4 Å². The summed E-state index contributed by atoms with van der Waals surface area (Å²) >= 11 is 0. The molecule has 8 nitrogen and oxygen atoms in total. The molecule has 2 aromatic rings. The molecule has 0 saturated carbocycles. The maximum atomic E-state index is 13.0. The summed E-state index contributed by atoms with van der Waals surface area (Å²) in [6.07, 6.45) is -0.172. The van der Waals surface area contributed by atoms with Crippen molar-refractivity contribution in [3.8, 4) is 11.1 Å². The minimum atomic E-state index is -0.872. The molecule has 1 fully saturated rings. The van der Waals surface area contributed by atoms with Gasteiger partial charge in [-0.2, -0.15) is 0 Å². The topological polar surface area (TPSA) is 99.2 Å². The third-order valence-corrected chi connectivity index (χ3v) is 6.87. The van der Waals surface area contributed by atoms with Crippen LogP contribution >= 0.6 is 0 Å². The summed E-state index contributed by atoms with van der Waals surface area (Å²) in [6, 6.07) is 15.0. The molecule has 4 rings (SSSR count). The van der Waals surface area contributed by atoms with Crippen molar-refractivity contribution in [1.29, 1.82) is 0 Å². The molecule has 2 amide bonds. The molecular weight excluding hydrogens is 434 g/mol. The largest absolute Gasteiger partial charge is 0.480 e. The van der Waals surface area contributed by atoms with Crippen LogP contribution < -0.4 is 5.32 Å². The summed E-state index contributed by atoms with van der Waals surface area (Å²) in [5.41, 5.74) is 4.58. The first kappa shape index (κ1) is 23.8. The van der Waals surface area contributed by atoms with Crippen LogP contribution in [0.3, 0.4) is 0 Å². The van der Waals surface area contributed by atoms with Crippen molar-refractivity contribution in [2.45, 2.75) is 38.3 Å². The van der Waals surface area contributed by atoms with Crippen molar-refractivity contribution in [2.24, 2.45) is 0 Å². The van der Waals surface area contributed by atoms with Gasteiger partial charge in [-0.1, -0.05) is 55.5 Å². The molecule has 8 heteroatoms. The lowest BCUT2D eigenvalue weighted by molar-refractivity contribution is -0.144. The number of carbonyl (C=O) groups is 3. The number of alkyl carbamates (subject to hydrolysis) is 1. The lowest BCUT2D eigenvalue weighted by Crippen LogP contribution is -2.57. The Bertz CT molecular complexity index is 1020. The van der Waals surface area contributed by atoms with E-state index in [2.05, 4.69) is 29.6 Å². The Morgan fingerprint density at radius 1 is 1.00 bits per heavy atom. The molecule has 2 unspecified atom stereocenters. The van der Waals surface area contributed by atoms with Crippen LogP contribution in [0, 0.1) is 0 Å². The fourth-order valence-electron chi connectivity index (χ4n) is 4.83. The maximum Gasteiger partial charge on any atom is 0.407 e. The van der Waals surface area contributed by atoms with Crippen molar-refractivity contribution in [3.63, 3.8) is 0 Å². The molecule has 2 N–H and O–H groups in total. The molecule has 0 bridgehead atoms. The number of ether oxygens (including phenoxy) is 1. The zero-order chi connectivity index (χ0) is 24.2. The average molecular weight is 466 g/mol. The molecule has 2 aromatic carbocycles. The monoisotopic (exact) mass is 465 g/mol. The van der Waals surface area contributed by atoms with E-state index >= 15 is 0 Å². The van der Waals surface area contributed by atoms with Crippen LogP contribution in [0.25, 0.3) is 11.1 Å². The third kappa shape index (κ3) is 4.77. The Hall–Kier alpha value is -3.39. The molecule has 0 spiro atoms. The Kier molecular flexibility index (Phi) is 7.17. The second kappa shape index (κ2) is 10.3. The van der Waals surface area contributed by atoms with Gasteiger partial charge in [0.25, 0.3) is 0 Å². The minimum Gasteiger partial charge on any atom is -0.480 e. The van der Waals surface area contributed by atoms with Crippen molar-refractivity contribution in [1.82, 2.24) is 15.1 Å². The van der Waals surface area contributed by atoms with Gasteiger partial charge in [0, 0.05) is 32.1 Å². The van der Waals surface area contributed by atoms with E-state index < -0.39 is 24.1 Å². The van der Waals surface area contributed by atoms with Gasteiger partial charge in [0.2, 0.25) is 5.91 Å². The lowest BCUT2D eigenvalue weighted by Gasteiger charge is -2.37. The number of carbonyl (C=O) groups excluding carboxylic acids is 2. The molecule has 180 valence electrons. The van der Waals surface area contributed by atoms with E-state index in [1.807, 2.05) is 36.1 Å². The second-order valence-electron chi connectivity index (χ2n) is 8.81. The SMILES string of the molecule is CCC(NC(=O)OCC1c2ccccc2-c2ccccc21)C(=O)N1CCN(C(C)C(=O)O)CC1. The maximum absolute atomic E-state index is 13.0. The first-order valence-electron chi connectivity index (χ1n) is 11.8. The van der Waals surface area contributed by atoms with Gasteiger partial charge in [0.15, 0.2) is 0 Å². The molecule has 1 heterocycles. The number of fused-ring (bicyclic) bond motifs is 3. The van der Waals surface area contributed by atoms with Crippen LogP contribution in [0.4, 0.5) is 4.79 Å². The van der Waals surface area contributed by atoms with Gasteiger partial charge in [-0.25, -0.2) is 4.79 Å². The zero-order valence-electron chi connectivity index (χ0n) is 19.6. The average Bonchev–Trinajstić information content (AvgIpc) is 3.19. The van der Waals surface area contributed by atoms with Crippen molar-refractivity contribution >= 4 is 18.0 Å². The van der Waals surface area contributed by atoms with E-state index in [9.17, 15) is 19.5 Å². The number of nitrogens with one attached hydrogen (secondary N) is 1. The highest BCUT2D eigenvalue weighted by atomic mass is 16.5. The highest BCUT2D eigenvalue weighted by molar-refractivity contribution is 5.86. The third-order valence-electron chi connectivity index (χ3n) is 6.87. The van der Waals surface area contributed by atoms with Crippen molar-refractivity contribution in [2.75, 3.05) is 32.8 Å². The fraction of sp³-hybridized carbons (Fsp3) is 0.423. The summed E-state index contributed by atoms with van der Waals surface area (Å²) in [7, 11) is 0. The summed E-state index contributed by atoms with van der Waals surface area (Å²) in [4.78, 5) is 40.3. The van der Waals surface area contributed by atoms with E-state index in [4.69, 9.17) is 4.74 Å². The number of piperazine rings is 1. The number of rotatable bonds is 7. The predicted octanol–water partition coefficient (Wildman–Crippen LogP) is 2.92. The highest BCUT2D eigenvalue weighted by Crippen LogP contribution is 2.44. The van der Waals surface area contributed by atoms with Crippen molar-refractivity contribution in [3.05, 3.63) is 59.7 Å². The molecule has 1 aliphatic heterocycles. The quantitative estimate of drug-likeness (QED) is 0.652. The smallest absolute Gasteiger partial charge is 0.407 e. The minimum absolute atomic E-state index is 0.0433. The van der Waals surface area contributed by atoms with Crippen LogP contribution in [-0.4, -0.2) is 77.7 Å². The van der Waals surface area contributed by atoms with Crippen LogP contribution in [0.1, 0.15) is 37.3 Å². The van der Waals surface area contributed by atoms with Gasteiger partial charge >= 0.3 is 12.1 Å². The summed E-state index contributed by atoms with van der Waals surface area (Å²) in [6.45, 7) is 5.51. The fourth-order valence-corrected chi connectivity index (χ4v) is 4.83. The number of benzene rings is 2. The van der Waals surface area contributed by atoms with Crippen LogP contribution in [0.2, 0.25) is 0 Å². The number of carboxylic acid groups (broad SMARTS) is 1. The van der Waals surface area contributed by atoms with E-state index in [0.717, 1.165) is 22.3 Å². The van der Waals surface area contributed by atoms with Crippen LogP contribution in [0.5, 0.6) is 0 Å². The summed E-state index contributed by atoms with van der Waals surface area (Å²) < 4.78 is 5.59. The number of hydrogen-bond donors (Lipinski definition) is 2. The van der Waals surface area contributed by atoms with Gasteiger partial charge in [-0.3, -0.25) is 14.5 Å². The number of nitrogens with zero attached hydrogens (tertiary/aromatic N) is 2. The molecule has 1 saturated heterocycles. The Morgan fingerprint density at radius 3 is 2.09 bits per heavy atom. The van der Waals surface area contributed by atoms with E-state index in [0.29, 0.717) is 32.6 Å². The number of carboxylic acids is 1.